The number of aliphatic carboxylic acids is 4. The Morgan fingerprint density at radius 3 is 2.18 bits per heavy atom. The number of fused-ring (bicyclic) bond motifs is 1. The first-order valence-corrected chi connectivity index (χ1v) is 12.9. The van der Waals surface area contributed by atoms with E-state index in [4.69, 9.17) is 26.8 Å². The molecule has 19 heteroatoms. The molecule has 238 valence electrons. The third-order valence-corrected chi connectivity index (χ3v) is 6.11. The summed E-state index contributed by atoms with van der Waals surface area (Å²) in [6.07, 6.45) is -0.325. The van der Waals surface area contributed by atoms with E-state index in [-0.39, 0.29) is 48.8 Å². The van der Waals surface area contributed by atoms with Crippen molar-refractivity contribution in [1.29, 1.82) is 0 Å². The zero-order valence-electron chi connectivity index (χ0n) is 23.1. The molecule has 2 amide bonds. The number of carboxylic acid groups (broad SMARTS) is 4. The smallest absolute Gasteiger partial charge is 0.326 e. The van der Waals surface area contributed by atoms with E-state index in [2.05, 4.69) is 25.9 Å². The summed E-state index contributed by atoms with van der Waals surface area (Å²) in [6, 6.07) is 3.30. The van der Waals surface area contributed by atoms with Crippen LogP contribution in [-0.2, 0) is 24.0 Å². The number of aromatic amines is 1. The number of amides is 2. The maximum absolute atomic E-state index is 12.3. The van der Waals surface area contributed by atoms with Gasteiger partial charge >= 0.3 is 23.9 Å². The molecule has 0 spiro atoms. The lowest BCUT2D eigenvalue weighted by atomic mass is 10.1. The highest BCUT2D eigenvalue weighted by atomic mass is 16.4. The average Bonchev–Trinajstić information content (AvgIpc) is 2.96. The predicted octanol–water partition coefficient (Wildman–Crippen LogP) is -1.47. The molecule has 0 saturated heterocycles. The highest BCUT2D eigenvalue weighted by Crippen LogP contribution is 2.25. The zero-order chi connectivity index (χ0) is 33.0. The summed E-state index contributed by atoms with van der Waals surface area (Å²) in [6.45, 7) is 0.568. The van der Waals surface area contributed by atoms with E-state index in [9.17, 15) is 38.7 Å². The van der Waals surface area contributed by atoms with Crippen molar-refractivity contribution in [2.45, 2.75) is 43.8 Å². The third-order valence-electron chi connectivity index (χ3n) is 6.11. The van der Waals surface area contributed by atoms with Crippen molar-refractivity contribution in [3.63, 3.8) is 0 Å². The Kier molecular flexibility index (Phi) is 12.6. The number of carboxylic acids is 4. The fourth-order valence-corrected chi connectivity index (χ4v) is 3.80. The number of hydrogen-bond acceptors (Lipinski definition) is 12. The van der Waals surface area contributed by atoms with Crippen LogP contribution >= 0.6 is 0 Å². The van der Waals surface area contributed by atoms with E-state index >= 15 is 0 Å². The van der Waals surface area contributed by atoms with Gasteiger partial charge in [0.1, 0.15) is 12.1 Å². The number of anilines is 4. The van der Waals surface area contributed by atoms with Gasteiger partial charge in [0, 0.05) is 37.2 Å². The van der Waals surface area contributed by atoms with Crippen LogP contribution in [0, 0.1) is 0 Å². The topological polar surface area (TPSA) is 320 Å². The van der Waals surface area contributed by atoms with Crippen molar-refractivity contribution < 1.29 is 49.2 Å². The molecule has 0 bridgehead atoms. The van der Waals surface area contributed by atoms with E-state index in [1.54, 1.807) is 12.1 Å². The molecule has 2 heterocycles. The monoisotopic (exact) mass is 620 g/mol. The lowest BCUT2D eigenvalue weighted by Gasteiger charge is -2.34. The molecule has 3 atom stereocenters. The van der Waals surface area contributed by atoms with Crippen LogP contribution in [0.15, 0.2) is 29.1 Å². The summed E-state index contributed by atoms with van der Waals surface area (Å²) >= 11 is 0. The van der Waals surface area contributed by atoms with Crippen molar-refractivity contribution >= 4 is 59.3 Å². The fraction of sp³-hybridized carbons (Fsp3) is 0.360. The van der Waals surface area contributed by atoms with Crippen molar-refractivity contribution in [2.24, 2.45) is 5.73 Å². The largest absolute Gasteiger partial charge is 0.481 e. The van der Waals surface area contributed by atoms with E-state index in [1.807, 2.05) is 0 Å². The minimum atomic E-state index is -1.33. The first kappa shape index (κ1) is 34.5. The van der Waals surface area contributed by atoms with E-state index in [1.165, 1.54) is 17.0 Å². The Bertz CT molecular complexity index is 1430. The lowest BCUT2D eigenvalue weighted by Crippen LogP contribution is -2.50. The van der Waals surface area contributed by atoms with Gasteiger partial charge in [0.05, 0.1) is 6.04 Å². The van der Waals surface area contributed by atoms with Crippen LogP contribution < -0.4 is 37.9 Å². The van der Waals surface area contributed by atoms with Crippen LogP contribution in [0.2, 0.25) is 0 Å². The molecule has 1 unspecified atom stereocenters. The molecular formula is C25H32N8O11. The molecule has 0 radical (unpaired) electrons. The number of carbonyl (C=O) groups excluding carboxylic acids is 2. The molecule has 1 aliphatic rings. The zero-order valence-corrected chi connectivity index (χ0v) is 23.1. The van der Waals surface area contributed by atoms with Gasteiger partial charge in [0.15, 0.2) is 11.5 Å². The molecule has 44 heavy (non-hydrogen) atoms. The maximum atomic E-state index is 12.3. The highest BCUT2D eigenvalue weighted by Gasteiger charge is 2.30. The first-order valence-electron chi connectivity index (χ1n) is 12.9. The van der Waals surface area contributed by atoms with Crippen molar-refractivity contribution in [3.05, 3.63) is 40.2 Å². The van der Waals surface area contributed by atoms with Gasteiger partial charge in [-0.05, 0) is 37.1 Å². The van der Waals surface area contributed by atoms with Crippen LogP contribution in [0.5, 0.6) is 0 Å². The number of nitrogens with one attached hydrogen (secondary N) is 4. The van der Waals surface area contributed by atoms with E-state index in [0.29, 0.717) is 18.6 Å². The van der Waals surface area contributed by atoms with Gasteiger partial charge < -0.3 is 52.7 Å². The quantitative estimate of drug-likeness (QED) is 0.108. The number of hydrogen-bond donors (Lipinski definition) is 10. The number of aromatic nitrogens is 2. The normalized spacial score (nSPS) is 14.8. The fourth-order valence-electron chi connectivity index (χ4n) is 3.80. The predicted molar refractivity (Wildman–Crippen MR) is 153 cm³/mol. The number of nitrogens with two attached hydrogens (primary N) is 2. The molecule has 12 N–H and O–H groups in total. The SMILES string of the molecule is N[C@@H](CCC(=O)O)C(=O)O.Nc1nc2c(c(=O)[nH]1)N(C=O)C(CNc1ccc(C(=O)N[C@@H](CCC(=O)O)C(=O)O)cc1)CN2. The minimum absolute atomic E-state index is 0.0231. The van der Waals surface area contributed by atoms with Crippen molar-refractivity contribution in [3.8, 4) is 0 Å². The van der Waals surface area contributed by atoms with Crippen molar-refractivity contribution in [1.82, 2.24) is 15.3 Å². The number of benzene rings is 1. The molecule has 0 saturated carbocycles. The highest BCUT2D eigenvalue weighted by molar-refractivity contribution is 5.97. The number of carbonyl (C=O) groups is 6. The van der Waals surface area contributed by atoms with E-state index in [0.717, 1.165) is 0 Å². The van der Waals surface area contributed by atoms with Crippen LogP contribution in [0.25, 0.3) is 0 Å². The molecule has 1 aliphatic heterocycles. The van der Waals surface area contributed by atoms with Crippen molar-refractivity contribution in [2.75, 3.05) is 34.4 Å². The second-order valence-electron chi connectivity index (χ2n) is 9.33. The summed E-state index contributed by atoms with van der Waals surface area (Å²) in [4.78, 5) is 85.6. The molecule has 1 aromatic carbocycles. The number of H-pyrrole nitrogens is 1. The van der Waals surface area contributed by atoms with Gasteiger partial charge in [-0.15, -0.1) is 0 Å². The van der Waals surface area contributed by atoms with Gasteiger partial charge in [0.25, 0.3) is 11.5 Å². The maximum Gasteiger partial charge on any atom is 0.326 e. The van der Waals surface area contributed by atoms with Gasteiger partial charge in [-0.1, -0.05) is 0 Å². The van der Waals surface area contributed by atoms with Crippen LogP contribution in [-0.4, -0.2) is 97.8 Å². The third kappa shape index (κ3) is 10.3. The molecule has 1 aromatic heterocycles. The summed E-state index contributed by atoms with van der Waals surface area (Å²) in [5.41, 5.74) is 10.8. The number of nitrogens with zero attached hydrogens (tertiary/aromatic N) is 2. The number of nitrogen functional groups attached to an aromatic ring is 1. The molecule has 2 aromatic rings. The van der Waals surface area contributed by atoms with Gasteiger partial charge in [-0.25, -0.2) is 4.79 Å². The van der Waals surface area contributed by atoms with Gasteiger partial charge in [-0.2, -0.15) is 4.98 Å². The Morgan fingerprint density at radius 1 is 1.02 bits per heavy atom. The summed E-state index contributed by atoms with van der Waals surface area (Å²) < 4.78 is 0. The Hall–Kier alpha value is -5.72. The van der Waals surface area contributed by atoms with Gasteiger partial charge in [0.2, 0.25) is 12.4 Å². The molecule has 0 fully saturated rings. The number of rotatable bonds is 14. The summed E-state index contributed by atoms with van der Waals surface area (Å²) in [5.74, 6) is -5.20. The van der Waals surface area contributed by atoms with Gasteiger partial charge in [-0.3, -0.25) is 33.8 Å². The Balaban J connectivity index is 0.000000580. The Labute approximate surface area is 248 Å². The average molecular weight is 621 g/mol. The van der Waals surface area contributed by atoms with Crippen LogP contribution in [0.1, 0.15) is 36.0 Å². The molecule has 3 rings (SSSR count). The second-order valence-corrected chi connectivity index (χ2v) is 9.33. The first-order chi connectivity index (χ1) is 20.7. The second kappa shape index (κ2) is 16.1. The Morgan fingerprint density at radius 2 is 1.64 bits per heavy atom. The molecular weight excluding hydrogens is 588 g/mol. The van der Waals surface area contributed by atoms with E-state index < -0.39 is 59.9 Å². The molecule has 0 aliphatic carbocycles. The summed E-state index contributed by atoms with van der Waals surface area (Å²) in [5, 5.41) is 42.5. The standard InChI is InChI=1S/C20H23N7O7.C5H9NO4/c21-20-25-16-15(18(32)26-20)27(9-28)12(8-23-16)7-22-11-3-1-10(2-4-11)17(31)24-13(19(33)34)5-6-14(29)30;6-3(5(9)10)1-2-4(7)8/h1-4,9,12-13,22H,5-8H2,(H,24,31)(H,29,30)(H,33,34)(H4,21,23,25,26,32);3H,1-2,6H2,(H,7,8)(H,9,10)/t12?,13-;3-/m00/s1. The lowest BCUT2D eigenvalue weighted by molar-refractivity contribution is -0.142. The van der Waals surface area contributed by atoms with Crippen LogP contribution in [0.4, 0.5) is 23.1 Å². The molecule has 19 nitrogen and oxygen atoms in total. The minimum Gasteiger partial charge on any atom is -0.481 e. The van der Waals surface area contributed by atoms with Crippen LogP contribution in [0.3, 0.4) is 0 Å². The summed E-state index contributed by atoms with van der Waals surface area (Å²) in [7, 11) is 0.